The Morgan fingerprint density at radius 3 is 2.54 bits per heavy atom. The molecule has 2 aromatic rings. The van der Waals surface area contributed by atoms with Gasteiger partial charge in [0.25, 0.3) is 5.91 Å². The summed E-state index contributed by atoms with van der Waals surface area (Å²) in [5.41, 5.74) is -1.37. The van der Waals surface area contributed by atoms with E-state index in [-0.39, 0.29) is 11.5 Å². The van der Waals surface area contributed by atoms with E-state index in [9.17, 15) is 23.2 Å². The largest absolute Gasteiger partial charge is 0.490 e. The van der Waals surface area contributed by atoms with Crippen LogP contribution in [0.2, 0.25) is 0 Å². The van der Waals surface area contributed by atoms with Gasteiger partial charge in [0.2, 0.25) is 5.91 Å². The summed E-state index contributed by atoms with van der Waals surface area (Å²) in [4.78, 5) is 39.2. The number of benzene rings is 2. The van der Waals surface area contributed by atoms with Crippen molar-refractivity contribution >= 4 is 17.8 Å². The lowest BCUT2D eigenvalue weighted by atomic mass is 9.91. The summed E-state index contributed by atoms with van der Waals surface area (Å²) < 4.78 is 39.5. The van der Waals surface area contributed by atoms with E-state index >= 15 is 0 Å². The van der Waals surface area contributed by atoms with Gasteiger partial charge in [0.05, 0.1) is 19.3 Å². The molecule has 4 rings (SSSR count). The molecule has 0 unspecified atom stereocenters. The van der Waals surface area contributed by atoms with Crippen LogP contribution in [0.5, 0.6) is 11.5 Å². The normalized spacial score (nSPS) is 20.5. The Bertz CT molecular complexity index is 1170. The van der Waals surface area contributed by atoms with Crippen LogP contribution in [0.15, 0.2) is 36.4 Å². The van der Waals surface area contributed by atoms with Crippen LogP contribution in [0.4, 0.5) is 13.6 Å². The van der Waals surface area contributed by atoms with Crippen LogP contribution in [0.25, 0.3) is 0 Å². The van der Waals surface area contributed by atoms with E-state index in [4.69, 9.17) is 9.47 Å². The number of imide groups is 1. The zero-order chi connectivity index (χ0) is 25.3. The Morgan fingerprint density at radius 1 is 1.11 bits per heavy atom. The number of hydrogen-bond acceptors (Lipinski definition) is 5. The molecule has 0 aromatic heterocycles. The molecule has 8 nitrogen and oxygen atoms in total. The Kier molecular flexibility index (Phi) is 6.64. The van der Waals surface area contributed by atoms with Crippen molar-refractivity contribution in [2.75, 3.05) is 19.8 Å². The molecule has 10 heteroatoms. The smallest absolute Gasteiger partial charge is 0.325 e. The van der Waals surface area contributed by atoms with Gasteiger partial charge in [-0.15, -0.1) is 0 Å². The molecule has 2 aliphatic rings. The second-order valence-corrected chi connectivity index (χ2v) is 9.12. The predicted octanol–water partition coefficient (Wildman–Crippen LogP) is 3.41. The van der Waals surface area contributed by atoms with E-state index in [0.717, 1.165) is 30.2 Å². The number of halogens is 2. The van der Waals surface area contributed by atoms with Crippen molar-refractivity contribution in [1.29, 1.82) is 0 Å². The lowest BCUT2D eigenvalue weighted by Gasteiger charge is -2.25. The van der Waals surface area contributed by atoms with Gasteiger partial charge in [0, 0.05) is 12.0 Å². The van der Waals surface area contributed by atoms with Gasteiger partial charge >= 0.3 is 6.03 Å². The van der Waals surface area contributed by atoms with Crippen molar-refractivity contribution in [2.45, 2.75) is 38.8 Å². The Hall–Kier alpha value is -3.69. The van der Waals surface area contributed by atoms with E-state index in [0.29, 0.717) is 29.6 Å². The summed E-state index contributed by atoms with van der Waals surface area (Å²) in [6.07, 6.45) is 0.763. The summed E-state index contributed by atoms with van der Waals surface area (Å²) in [6, 6.07) is 6.77. The third kappa shape index (κ3) is 4.78. The molecular weight excluding hydrogens is 460 g/mol. The molecule has 186 valence electrons. The highest BCUT2D eigenvalue weighted by atomic mass is 19.1. The lowest BCUT2D eigenvalue weighted by Crippen LogP contribution is -2.44. The highest BCUT2D eigenvalue weighted by molar-refractivity contribution is 6.09. The average molecular weight is 488 g/mol. The fraction of sp³-hybridized carbons (Fsp3) is 0.400. The van der Waals surface area contributed by atoms with Crippen molar-refractivity contribution in [1.82, 2.24) is 15.5 Å². The van der Waals surface area contributed by atoms with Crippen molar-refractivity contribution in [3.63, 3.8) is 0 Å². The van der Waals surface area contributed by atoms with Crippen molar-refractivity contribution in [2.24, 2.45) is 5.92 Å². The maximum absolute atomic E-state index is 14.4. The predicted molar refractivity (Wildman–Crippen MR) is 122 cm³/mol. The number of urea groups is 1. The first-order chi connectivity index (χ1) is 16.6. The Morgan fingerprint density at radius 2 is 1.83 bits per heavy atom. The summed E-state index contributed by atoms with van der Waals surface area (Å²) in [6.45, 7) is 5.62. The molecule has 4 amide bonds. The standard InChI is InChI=1S/C25H27F2N3O5/c1-14(2)22(15-5-8-19-20(11-15)35-10-4-9-34-19)28-21(31)13-30-23(32)25(3,29-24(30)33)17-12-16(26)6-7-18(17)27/h5-8,11-12,14,22H,4,9-10,13H2,1-3H3,(H,28,31)(H,29,33)/t22-,25+/m1/s1. The molecule has 0 radical (unpaired) electrons. The zero-order valence-electron chi connectivity index (χ0n) is 19.7. The summed E-state index contributed by atoms with van der Waals surface area (Å²) >= 11 is 0. The molecular formula is C25H27F2N3O5. The van der Waals surface area contributed by atoms with Gasteiger partial charge in [-0.05, 0) is 48.7 Å². The summed E-state index contributed by atoms with van der Waals surface area (Å²) in [5.74, 6) is -1.84. The number of hydrogen-bond donors (Lipinski definition) is 2. The maximum Gasteiger partial charge on any atom is 0.325 e. The molecule has 35 heavy (non-hydrogen) atoms. The van der Waals surface area contributed by atoms with Crippen LogP contribution in [0, 0.1) is 17.6 Å². The SMILES string of the molecule is CC(C)[C@@H](NC(=O)CN1C(=O)N[C@@](C)(c2cc(F)ccc2F)C1=O)c1ccc2c(c1)OCCCO2. The first kappa shape index (κ1) is 24.4. The monoisotopic (exact) mass is 487 g/mol. The maximum atomic E-state index is 14.4. The van der Waals surface area contributed by atoms with E-state index in [1.165, 1.54) is 6.92 Å². The van der Waals surface area contributed by atoms with Crippen molar-refractivity contribution in [3.05, 3.63) is 59.2 Å². The molecule has 2 atom stereocenters. The van der Waals surface area contributed by atoms with Gasteiger partial charge in [-0.1, -0.05) is 19.9 Å². The second-order valence-electron chi connectivity index (χ2n) is 9.12. The third-order valence-corrected chi connectivity index (χ3v) is 6.16. The summed E-state index contributed by atoms with van der Waals surface area (Å²) in [5, 5.41) is 5.26. The van der Waals surface area contributed by atoms with E-state index < -0.39 is 47.6 Å². The molecule has 2 heterocycles. The minimum Gasteiger partial charge on any atom is -0.490 e. The van der Waals surface area contributed by atoms with Gasteiger partial charge < -0.3 is 20.1 Å². The van der Waals surface area contributed by atoms with Crippen molar-refractivity contribution < 1.29 is 32.6 Å². The van der Waals surface area contributed by atoms with Crippen molar-refractivity contribution in [3.8, 4) is 11.5 Å². The number of amides is 4. The number of rotatable bonds is 6. The zero-order valence-corrected chi connectivity index (χ0v) is 19.7. The van der Waals surface area contributed by atoms with E-state index in [1.54, 1.807) is 6.07 Å². The minimum absolute atomic E-state index is 0.0292. The first-order valence-electron chi connectivity index (χ1n) is 11.4. The number of nitrogens with one attached hydrogen (secondary N) is 2. The molecule has 2 aromatic carbocycles. The molecule has 0 aliphatic carbocycles. The van der Waals surface area contributed by atoms with Gasteiger partial charge in [-0.25, -0.2) is 13.6 Å². The van der Waals surface area contributed by atoms with Crippen LogP contribution in [-0.2, 0) is 15.1 Å². The fourth-order valence-electron chi connectivity index (χ4n) is 4.27. The lowest BCUT2D eigenvalue weighted by molar-refractivity contribution is -0.135. The first-order valence-corrected chi connectivity index (χ1v) is 11.4. The number of carbonyl (C=O) groups excluding carboxylic acids is 3. The molecule has 2 N–H and O–H groups in total. The molecule has 0 spiro atoms. The number of fused-ring (bicyclic) bond motifs is 1. The van der Waals surface area contributed by atoms with Gasteiger partial charge in [-0.2, -0.15) is 0 Å². The van der Waals surface area contributed by atoms with Gasteiger partial charge in [0.1, 0.15) is 23.7 Å². The van der Waals surface area contributed by atoms with Crippen LogP contribution < -0.4 is 20.1 Å². The topological polar surface area (TPSA) is 97.0 Å². The number of carbonyl (C=O) groups is 3. The number of nitrogens with zero attached hydrogens (tertiary/aromatic N) is 1. The van der Waals surface area contributed by atoms with Crippen LogP contribution in [0.3, 0.4) is 0 Å². The molecule has 2 aliphatic heterocycles. The highest BCUT2D eigenvalue weighted by Gasteiger charge is 2.51. The Labute approximate surface area is 201 Å². The molecule has 1 fully saturated rings. The van der Waals surface area contributed by atoms with Crippen LogP contribution in [-0.4, -0.2) is 42.5 Å². The molecule has 0 saturated carbocycles. The third-order valence-electron chi connectivity index (χ3n) is 6.16. The minimum atomic E-state index is -1.84. The summed E-state index contributed by atoms with van der Waals surface area (Å²) in [7, 11) is 0. The quantitative estimate of drug-likeness (QED) is 0.609. The Balaban J connectivity index is 1.51. The fourth-order valence-corrected chi connectivity index (χ4v) is 4.27. The molecule has 0 bridgehead atoms. The number of ether oxygens (including phenoxy) is 2. The molecule has 1 saturated heterocycles. The van der Waals surface area contributed by atoms with E-state index in [1.807, 2.05) is 26.0 Å². The van der Waals surface area contributed by atoms with E-state index in [2.05, 4.69) is 10.6 Å². The second kappa shape index (κ2) is 9.52. The van der Waals surface area contributed by atoms with Crippen LogP contribution >= 0.6 is 0 Å². The highest BCUT2D eigenvalue weighted by Crippen LogP contribution is 2.35. The van der Waals surface area contributed by atoms with Gasteiger partial charge in [-0.3, -0.25) is 14.5 Å². The van der Waals surface area contributed by atoms with Gasteiger partial charge in [0.15, 0.2) is 11.5 Å². The average Bonchev–Trinajstić information content (AvgIpc) is 2.97. The van der Waals surface area contributed by atoms with Crippen LogP contribution in [0.1, 0.15) is 44.4 Å².